The fraction of sp³-hybridized carbons (Fsp3) is 0.731. The molecule has 0 bridgehead atoms. The van der Waals surface area contributed by atoms with Crippen LogP contribution in [0.5, 0.6) is 0 Å². The molecule has 9 nitrogen and oxygen atoms in total. The van der Waals surface area contributed by atoms with E-state index < -0.39 is 70.8 Å². The van der Waals surface area contributed by atoms with Crippen LogP contribution in [-0.2, 0) is 28.6 Å². The van der Waals surface area contributed by atoms with Gasteiger partial charge in [-0.15, -0.1) is 0 Å². The van der Waals surface area contributed by atoms with E-state index in [1.165, 1.54) is 20.8 Å². The van der Waals surface area contributed by atoms with E-state index in [4.69, 9.17) is 14.2 Å². The first-order chi connectivity index (χ1) is 16.0. The highest BCUT2D eigenvalue weighted by Crippen LogP contribution is 2.64. The summed E-state index contributed by atoms with van der Waals surface area (Å²) in [6.07, 6.45) is -4.78. The Morgan fingerprint density at radius 2 is 1.54 bits per heavy atom. The molecule has 8 atom stereocenters. The largest absolute Gasteiger partial charge is 0.462 e. The van der Waals surface area contributed by atoms with Gasteiger partial charge in [-0.05, 0) is 49.8 Å². The number of aliphatic hydroxyl groups is 3. The molecule has 0 saturated heterocycles. The average molecular weight is 495 g/mol. The standard InChI is InChI=1S/C26H38O9/c1-12-17-10-26(24(6,7)32)11-19(33-14(3)27)13(2)21(26)22(31)23(35-16(5)29)25(17,8)20(9-18(12)30)34-15(4)28/h17-20,22-23,30-32H,1,9-11H2,2-8H3/t17-,18+,19-,20+,22-,23+,25+,26-/m0/s1. The molecule has 196 valence electrons. The summed E-state index contributed by atoms with van der Waals surface area (Å²) in [7, 11) is 0. The Balaban J connectivity index is 2.34. The number of rotatable bonds is 4. The number of carbonyl (C=O) groups excluding carboxylic acids is 3. The molecule has 0 radical (unpaired) electrons. The summed E-state index contributed by atoms with van der Waals surface area (Å²) in [4.78, 5) is 36.2. The second kappa shape index (κ2) is 9.01. The van der Waals surface area contributed by atoms with Crippen molar-refractivity contribution in [3.8, 4) is 0 Å². The van der Waals surface area contributed by atoms with E-state index in [0.29, 0.717) is 16.7 Å². The molecule has 2 fully saturated rings. The summed E-state index contributed by atoms with van der Waals surface area (Å²) in [5.41, 5.74) is -2.24. The van der Waals surface area contributed by atoms with E-state index in [9.17, 15) is 29.7 Å². The SMILES string of the molecule is C=C1[C@H](O)C[C@@H](OC(C)=O)[C@]2(C)[C@H](OC(C)=O)[C@@H](O)C3=C(C)[C@@H](OC(C)=O)C[C@@]3(C(C)(C)O)C[C@@H]12. The van der Waals surface area contributed by atoms with Crippen molar-refractivity contribution < 1.29 is 43.9 Å². The molecule has 3 rings (SSSR count). The minimum atomic E-state index is -1.41. The van der Waals surface area contributed by atoms with Crippen LogP contribution in [0.1, 0.15) is 67.7 Å². The van der Waals surface area contributed by atoms with Gasteiger partial charge in [0.15, 0.2) is 0 Å². The van der Waals surface area contributed by atoms with Crippen molar-refractivity contribution in [3.05, 3.63) is 23.3 Å². The summed E-state index contributed by atoms with van der Waals surface area (Å²) < 4.78 is 17.0. The Morgan fingerprint density at radius 1 is 1.00 bits per heavy atom. The average Bonchev–Trinajstić information content (AvgIpc) is 2.94. The van der Waals surface area contributed by atoms with Crippen molar-refractivity contribution in [2.24, 2.45) is 16.7 Å². The van der Waals surface area contributed by atoms with Gasteiger partial charge in [0.1, 0.15) is 24.4 Å². The number of ether oxygens (including phenoxy) is 3. The lowest BCUT2D eigenvalue weighted by Crippen LogP contribution is -2.59. The number of esters is 3. The lowest BCUT2D eigenvalue weighted by molar-refractivity contribution is -0.195. The molecule has 3 N–H and O–H groups in total. The molecule has 0 aliphatic heterocycles. The molecule has 35 heavy (non-hydrogen) atoms. The number of fused-ring (bicyclic) bond motifs is 2. The quantitative estimate of drug-likeness (QED) is 0.304. The van der Waals surface area contributed by atoms with Gasteiger partial charge in [0.25, 0.3) is 0 Å². The van der Waals surface area contributed by atoms with Gasteiger partial charge in [-0.2, -0.15) is 0 Å². The molecular weight excluding hydrogens is 456 g/mol. The van der Waals surface area contributed by atoms with Crippen LogP contribution in [0.25, 0.3) is 0 Å². The van der Waals surface area contributed by atoms with Crippen molar-refractivity contribution in [2.75, 3.05) is 0 Å². The minimum absolute atomic E-state index is 0.0273. The van der Waals surface area contributed by atoms with Crippen molar-refractivity contribution >= 4 is 17.9 Å². The highest BCUT2D eigenvalue weighted by atomic mass is 16.6. The number of carbonyl (C=O) groups is 3. The summed E-state index contributed by atoms with van der Waals surface area (Å²) in [5.74, 6) is -2.34. The van der Waals surface area contributed by atoms with E-state index in [-0.39, 0.29) is 19.3 Å². The van der Waals surface area contributed by atoms with Crippen LogP contribution in [-0.4, -0.2) is 69.3 Å². The fourth-order valence-electron chi connectivity index (χ4n) is 6.78. The van der Waals surface area contributed by atoms with Crippen LogP contribution >= 0.6 is 0 Å². The fourth-order valence-corrected chi connectivity index (χ4v) is 6.78. The molecule has 9 heteroatoms. The Labute approximate surface area is 206 Å². The molecule has 0 heterocycles. The lowest BCUT2D eigenvalue weighted by Gasteiger charge is -2.53. The maximum atomic E-state index is 12.3. The van der Waals surface area contributed by atoms with Crippen molar-refractivity contribution in [1.29, 1.82) is 0 Å². The molecule has 3 aliphatic rings. The topological polar surface area (TPSA) is 140 Å². The maximum Gasteiger partial charge on any atom is 0.303 e. The Morgan fingerprint density at radius 3 is 2.03 bits per heavy atom. The van der Waals surface area contributed by atoms with Crippen LogP contribution in [0.4, 0.5) is 0 Å². The van der Waals surface area contributed by atoms with Gasteiger partial charge in [-0.3, -0.25) is 14.4 Å². The number of hydrogen-bond acceptors (Lipinski definition) is 9. The van der Waals surface area contributed by atoms with Gasteiger partial charge in [0.05, 0.1) is 17.1 Å². The van der Waals surface area contributed by atoms with Crippen LogP contribution in [0.15, 0.2) is 23.3 Å². The second-order valence-corrected chi connectivity index (χ2v) is 11.1. The van der Waals surface area contributed by atoms with Crippen molar-refractivity contribution in [1.82, 2.24) is 0 Å². The molecule has 2 saturated carbocycles. The Bertz CT molecular complexity index is 960. The zero-order valence-electron chi connectivity index (χ0n) is 21.6. The first-order valence-electron chi connectivity index (χ1n) is 12.0. The van der Waals surface area contributed by atoms with E-state index >= 15 is 0 Å². The molecule has 0 unspecified atom stereocenters. The predicted molar refractivity (Wildman–Crippen MR) is 125 cm³/mol. The first-order valence-corrected chi connectivity index (χ1v) is 12.0. The minimum Gasteiger partial charge on any atom is -0.462 e. The summed E-state index contributed by atoms with van der Waals surface area (Å²) in [6.45, 7) is 14.7. The molecule has 0 aromatic carbocycles. The third kappa shape index (κ3) is 4.32. The van der Waals surface area contributed by atoms with Crippen LogP contribution < -0.4 is 0 Å². The van der Waals surface area contributed by atoms with Gasteiger partial charge >= 0.3 is 17.9 Å². The van der Waals surface area contributed by atoms with Gasteiger partial charge in [-0.1, -0.05) is 13.5 Å². The smallest absolute Gasteiger partial charge is 0.303 e. The van der Waals surface area contributed by atoms with Crippen LogP contribution in [0.3, 0.4) is 0 Å². The van der Waals surface area contributed by atoms with E-state index in [1.54, 1.807) is 27.7 Å². The Kier molecular flexibility index (Phi) is 7.05. The van der Waals surface area contributed by atoms with E-state index in [0.717, 1.165) is 0 Å². The van der Waals surface area contributed by atoms with E-state index in [1.807, 2.05) is 0 Å². The zero-order chi connectivity index (χ0) is 26.7. The van der Waals surface area contributed by atoms with Gasteiger partial charge in [0.2, 0.25) is 0 Å². The first kappa shape index (κ1) is 27.4. The van der Waals surface area contributed by atoms with Gasteiger partial charge in [0, 0.05) is 39.0 Å². The molecule has 0 aromatic rings. The summed E-state index contributed by atoms with van der Waals surface area (Å²) in [5, 5.41) is 34.3. The third-order valence-electron chi connectivity index (χ3n) is 8.54. The van der Waals surface area contributed by atoms with Crippen molar-refractivity contribution in [3.63, 3.8) is 0 Å². The summed E-state index contributed by atoms with van der Waals surface area (Å²) in [6, 6.07) is 0. The van der Waals surface area contributed by atoms with Crippen LogP contribution in [0.2, 0.25) is 0 Å². The molecule has 0 aromatic heterocycles. The second-order valence-electron chi connectivity index (χ2n) is 11.1. The number of aliphatic hydroxyl groups excluding tert-OH is 2. The van der Waals surface area contributed by atoms with E-state index in [2.05, 4.69) is 6.58 Å². The predicted octanol–water partition coefficient (Wildman–Crippen LogP) is 1.97. The van der Waals surface area contributed by atoms with Crippen LogP contribution in [0, 0.1) is 16.7 Å². The molecule has 3 aliphatic carbocycles. The highest BCUT2D eigenvalue weighted by molar-refractivity contribution is 5.68. The lowest BCUT2D eigenvalue weighted by atomic mass is 9.56. The summed E-state index contributed by atoms with van der Waals surface area (Å²) >= 11 is 0. The third-order valence-corrected chi connectivity index (χ3v) is 8.54. The molecular formula is C26H38O9. The van der Waals surface area contributed by atoms with Gasteiger partial charge < -0.3 is 29.5 Å². The highest BCUT2D eigenvalue weighted by Gasteiger charge is 2.68. The van der Waals surface area contributed by atoms with Gasteiger partial charge in [-0.25, -0.2) is 0 Å². The molecule has 0 amide bonds. The Hall–Kier alpha value is -2.23. The molecule has 0 spiro atoms. The maximum absolute atomic E-state index is 12.3. The van der Waals surface area contributed by atoms with Crippen molar-refractivity contribution in [2.45, 2.75) is 104 Å². The monoisotopic (exact) mass is 494 g/mol. The normalized spacial score (nSPS) is 39.3. The number of hydrogen-bond donors (Lipinski definition) is 3. The zero-order valence-corrected chi connectivity index (χ0v) is 21.6.